The van der Waals surface area contributed by atoms with Crippen LogP contribution < -0.4 is 5.32 Å². The van der Waals surface area contributed by atoms with E-state index < -0.39 is 5.97 Å². The molecule has 0 aliphatic heterocycles. The van der Waals surface area contributed by atoms with E-state index in [0.717, 1.165) is 11.3 Å². The molecule has 0 unspecified atom stereocenters. The maximum absolute atomic E-state index is 10.7. The molecule has 0 atom stereocenters. The fourth-order valence-corrected chi connectivity index (χ4v) is 1.68. The lowest BCUT2D eigenvalue weighted by Crippen LogP contribution is -2.08. The molecule has 0 aromatic carbocycles. The largest absolute Gasteiger partial charge is 0.477 e. The number of thiophene rings is 1. The van der Waals surface area contributed by atoms with E-state index in [-0.39, 0.29) is 21.3 Å². The lowest BCUT2D eigenvalue weighted by atomic mass is 10.3. The van der Waals surface area contributed by atoms with E-state index in [2.05, 4.69) is 5.32 Å². The molecule has 5 nitrogen and oxygen atoms in total. The predicted molar refractivity (Wildman–Crippen MR) is 51.0 cm³/mol. The number of aldehydes is 1. The first-order chi connectivity index (χ1) is 6.54. The highest BCUT2D eigenvalue weighted by atomic mass is 32.1. The minimum absolute atomic E-state index is 0.0395. The van der Waals surface area contributed by atoms with Crippen molar-refractivity contribution in [1.29, 1.82) is 0 Å². The first-order valence-corrected chi connectivity index (χ1v) is 4.46. The Labute approximate surface area is 83.4 Å². The third kappa shape index (κ3) is 2.17. The summed E-state index contributed by atoms with van der Waals surface area (Å²) in [5.41, 5.74) is 0.164. The lowest BCUT2D eigenvalue weighted by Gasteiger charge is -1.98. The average Bonchev–Trinajstić information content (AvgIpc) is 2.46. The van der Waals surface area contributed by atoms with Gasteiger partial charge in [0.1, 0.15) is 4.88 Å². The summed E-state index contributed by atoms with van der Waals surface area (Å²) in [7, 11) is 0. The lowest BCUT2D eigenvalue weighted by molar-refractivity contribution is -0.114. The number of hydrogen-bond acceptors (Lipinski definition) is 4. The predicted octanol–water partition coefficient (Wildman–Crippen LogP) is 1.22. The van der Waals surface area contributed by atoms with Crippen molar-refractivity contribution in [3.05, 3.63) is 15.8 Å². The van der Waals surface area contributed by atoms with Gasteiger partial charge in [0.05, 0.1) is 10.6 Å². The molecule has 0 saturated carbocycles. The van der Waals surface area contributed by atoms with Gasteiger partial charge in [0, 0.05) is 6.92 Å². The highest BCUT2D eigenvalue weighted by Gasteiger charge is 2.15. The molecule has 0 saturated heterocycles. The van der Waals surface area contributed by atoms with E-state index in [0.29, 0.717) is 6.29 Å². The third-order valence-corrected chi connectivity index (χ3v) is 2.42. The van der Waals surface area contributed by atoms with Crippen LogP contribution in [0, 0.1) is 0 Å². The normalized spacial score (nSPS) is 9.50. The Bertz CT molecular complexity index is 396. The molecule has 1 amide bonds. The maximum Gasteiger partial charge on any atom is 0.348 e. The first kappa shape index (κ1) is 10.4. The van der Waals surface area contributed by atoms with Crippen molar-refractivity contribution in [2.75, 3.05) is 5.32 Å². The van der Waals surface area contributed by atoms with Crippen LogP contribution in [0.5, 0.6) is 0 Å². The van der Waals surface area contributed by atoms with E-state index in [1.807, 2.05) is 0 Å². The summed E-state index contributed by atoms with van der Waals surface area (Å²) < 4.78 is 0. The number of amides is 1. The minimum Gasteiger partial charge on any atom is -0.477 e. The second-order valence-electron chi connectivity index (χ2n) is 2.50. The molecule has 74 valence electrons. The Morgan fingerprint density at radius 1 is 1.57 bits per heavy atom. The summed E-state index contributed by atoms with van der Waals surface area (Å²) in [6.45, 7) is 1.27. The van der Waals surface area contributed by atoms with Gasteiger partial charge in [-0.25, -0.2) is 4.79 Å². The molecular weight excluding hydrogens is 206 g/mol. The SMILES string of the molecule is CC(=O)Nc1cc(C=O)sc1C(=O)O. The Hall–Kier alpha value is -1.69. The Balaban J connectivity index is 3.11. The molecule has 0 fully saturated rings. The van der Waals surface area contributed by atoms with E-state index in [9.17, 15) is 14.4 Å². The van der Waals surface area contributed by atoms with Gasteiger partial charge in [0.15, 0.2) is 6.29 Å². The van der Waals surface area contributed by atoms with Gasteiger partial charge in [-0.2, -0.15) is 0 Å². The fraction of sp³-hybridized carbons (Fsp3) is 0.125. The van der Waals surface area contributed by atoms with Gasteiger partial charge >= 0.3 is 5.97 Å². The van der Waals surface area contributed by atoms with Crippen molar-refractivity contribution in [2.45, 2.75) is 6.92 Å². The van der Waals surface area contributed by atoms with Crippen LogP contribution in [-0.4, -0.2) is 23.3 Å². The van der Waals surface area contributed by atoms with E-state index in [4.69, 9.17) is 5.11 Å². The van der Waals surface area contributed by atoms with E-state index in [1.165, 1.54) is 13.0 Å². The smallest absolute Gasteiger partial charge is 0.348 e. The van der Waals surface area contributed by atoms with Crippen LogP contribution in [0.4, 0.5) is 5.69 Å². The Kier molecular flexibility index (Phi) is 2.98. The molecule has 1 aromatic heterocycles. The number of carboxylic acid groups (broad SMARTS) is 1. The van der Waals surface area contributed by atoms with Crippen molar-refractivity contribution in [1.82, 2.24) is 0 Å². The number of aromatic carboxylic acids is 1. The van der Waals surface area contributed by atoms with Gasteiger partial charge in [-0.05, 0) is 6.07 Å². The molecule has 0 bridgehead atoms. The molecule has 6 heteroatoms. The van der Waals surface area contributed by atoms with Crippen LogP contribution >= 0.6 is 11.3 Å². The van der Waals surface area contributed by atoms with Crippen LogP contribution in [0.15, 0.2) is 6.07 Å². The molecular formula is C8H7NO4S. The summed E-state index contributed by atoms with van der Waals surface area (Å²) in [5, 5.41) is 11.1. The zero-order valence-electron chi connectivity index (χ0n) is 7.23. The van der Waals surface area contributed by atoms with Gasteiger partial charge in [0.25, 0.3) is 0 Å². The van der Waals surface area contributed by atoms with Gasteiger partial charge in [0.2, 0.25) is 5.91 Å². The molecule has 0 radical (unpaired) electrons. The highest BCUT2D eigenvalue weighted by molar-refractivity contribution is 7.16. The van der Waals surface area contributed by atoms with Gasteiger partial charge in [-0.1, -0.05) is 0 Å². The standard InChI is InChI=1S/C8H7NO4S/c1-4(11)9-6-2-5(3-10)14-7(6)8(12)13/h2-3H,1H3,(H,9,11)(H,12,13). The number of carbonyl (C=O) groups excluding carboxylic acids is 2. The first-order valence-electron chi connectivity index (χ1n) is 3.64. The second kappa shape index (κ2) is 4.01. The average molecular weight is 213 g/mol. The minimum atomic E-state index is -1.16. The van der Waals surface area contributed by atoms with Crippen molar-refractivity contribution in [2.24, 2.45) is 0 Å². The molecule has 0 aliphatic carbocycles. The van der Waals surface area contributed by atoms with Gasteiger partial charge in [-0.3, -0.25) is 9.59 Å². The maximum atomic E-state index is 10.7. The molecule has 1 heterocycles. The number of anilines is 1. The van der Waals surface area contributed by atoms with Crippen molar-refractivity contribution >= 4 is 35.2 Å². The van der Waals surface area contributed by atoms with Crippen LogP contribution in [0.2, 0.25) is 0 Å². The molecule has 14 heavy (non-hydrogen) atoms. The number of carbonyl (C=O) groups is 3. The van der Waals surface area contributed by atoms with Crippen LogP contribution in [0.3, 0.4) is 0 Å². The summed E-state index contributed by atoms with van der Waals surface area (Å²) in [4.78, 5) is 32.0. The van der Waals surface area contributed by atoms with Crippen LogP contribution in [0.1, 0.15) is 26.3 Å². The van der Waals surface area contributed by atoms with Crippen molar-refractivity contribution in [3.63, 3.8) is 0 Å². The third-order valence-electron chi connectivity index (χ3n) is 1.37. The zero-order valence-corrected chi connectivity index (χ0v) is 8.05. The van der Waals surface area contributed by atoms with Gasteiger partial charge in [-0.15, -0.1) is 11.3 Å². The number of hydrogen-bond donors (Lipinski definition) is 2. The fourth-order valence-electron chi connectivity index (χ4n) is 0.910. The molecule has 2 N–H and O–H groups in total. The monoisotopic (exact) mass is 213 g/mol. The number of carboxylic acids is 1. The summed E-state index contributed by atoms with van der Waals surface area (Å²) in [6, 6.07) is 1.34. The van der Waals surface area contributed by atoms with Crippen LogP contribution in [-0.2, 0) is 4.79 Å². The topological polar surface area (TPSA) is 83.5 Å². The molecule has 1 aromatic rings. The number of nitrogens with one attached hydrogen (secondary N) is 1. The Morgan fingerprint density at radius 3 is 2.64 bits per heavy atom. The number of rotatable bonds is 3. The van der Waals surface area contributed by atoms with Crippen molar-refractivity contribution in [3.8, 4) is 0 Å². The van der Waals surface area contributed by atoms with Crippen LogP contribution in [0.25, 0.3) is 0 Å². The quantitative estimate of drug-likeness (QED) is 0.739. The molecule has 0 spiro atoms. The molecule has 1 rings (SSSR count). The van der Waals surface area contributed by atoms with Crippen molar-refractivity contribution < 1.29 is 19.5 Å². The van der Waals surface area contributed by atoms with E-state index in [1.54, 1.807) is 0 Å². The second-order valence-corrected chi connectivity index (χ2v) is 3.58. The summed E-state index contributed by atoms with van der Waals surface area (Å²) in [6.07, 6.45) is 0.544. The summed E-state index contributed by atoms with van der Waals surface area (Å²) >= 11 is 0.827. The Morgan fingerprint density at radius 2 is 2.21 bits per heavy atom. The van der Waals surface area contributed by atoms with Gasteiger partial charge < -0.3 is 10.4 Å². The zero-order chi connectivity index (χ0) is 10.7. The molecule has 0 aliphatic rings. The highest BCUT2D eigenvalue weighted by Crippen LogP contribution is 2.26. The summed E-state index contributed by atoms with van der Waals surface area (Å²) in [5.74, 6) is -1.53. The van der Waals surface area contributed by atoms with E-state index >= 15 is 0 Å².